The Labute approximate surface area is 106 Å². The lowest BCUT2D eigenvalue weighted by Crippen LogP contribution is -2.36. The fourth-order valence-corrected chi connectivity index (χ4v) is 2.05. The molecule has 2 aromatic rings. The highest BCUT2D eigenvalue weighted by atomic mass is 35.5. The van der Waals surface area contributed by atoms with Gasteiger partial charge in [0, 0.05) is 11.6 Å². The minimum absolute atomic E-state index is 0.108. The van der Waals surface area contributed by atoms with E-state index < -0.39 is 5.60 Å². The summed E-state index contributed by atoms with van der Waals surface area (Å²) in [7, 11) is 0. The molecule has 3 heteroatoms. The van der Waals surface area contributed by atoms with Gasteiger partial charge in [-0.05, 0) is 23.3 Å². The molecular weight excluding hydrogens is 234 g/mol. The monoisotopic (exact) mass is 247 g/mol. The normalized spacial score (nSPS) is 14.3. The molecule has 0 aliphatic heterocycles. The Morgan fingerprint density at radius 2 is 1.65 bits per heavy atom. The molecule has 2 rings (SSSR count). The summed E-state index contributed by atoms with van der Waals surface area (Å²) in [5, 5.41) is 11.3. The fourth-order valence-electron chi connectivity index (χ4n) is 1.86. The Balaban J connectivity index is 2.52. The van der Waals surface area contributed by atoms with Gasteiger partial charge in [0.2, 0.25) is 0 Å². The highest BCUT2D eigenvalue weighted by molar-refractivity contribution is 6.30. The molecule has 1 atom stereocenters. The predicted molar refractivity (Wildman–Crippen MR) is 69.9 cm³/mol. The highest BCUT2D eigenvalue weighted by Crippen LogP contribution is 2.29. The van der Waals surface area contributed by atoms with Gasteiger partial charge < -0.3 is 10.8 Å². The lowest BCUT2D eigenvalue weighted by atomic mass is 9.86. The fraction of sp³-hybridized carbons (Fsp3) is 0.143. The van der Waals surface area contributed by atoms with Crippen LogP contribution in [0.4, 0.5) is 0 Å². The first-order chi connectivity index (χ1) is 8.16. The van der Waals surface area contributed by atoms with Gasteiger partial charge in [-0.3, -0.25) is 0 Å². The summed E-state index contributed by atoms with van der Waals surface area (Å²) in [6.45, 7) is 0.108. The van der Waals surface area contributed by atoms with Crippen LogP contribution in [0.2, 0.25) is 5.02 Å². The van der Waals surface area contributed by atoms with Crippen molar-refractivity contribution in [2.24, 2.45) is 5.73 Å². The third-order valence-corrected chi connectivity index (χ3v) is 3.08. The van der Waals surface area contributed by atoms with Crippen LogP contribution >= 0.6 is 11.6 Å². The van der Waals surface area contributed by atoms with Crippen molar-refractivity contribution in [1.82, 2.24) is 0 Å². The second kappa shape index (κ2) is 4.88. The number of benzene rings is 2. The van der Waals surface area contributed by atoms with Gasteiger partial charge >= 0.3 is 0 Å². The van der Waals surface area contributed by atoms with Crippen molar-refractivity contribution < 1.29 is 5.11 Å². The van der Waals surface area contributed by atoms with Crippen LogP contribution in [0.15, 0.2) is 54.6 Å². The molecule has 0 saturated carbocycles. The van der Waals surface area contributed by atoms with Crippen LogP contribution < -0.4 is 5.73 Å². The first-order valence-electron chi connectivity index (χ1n) is 5.41. The molecule has 88 valence electrons. The van der Waals surface area contributed by atoms with Crippen LogP contribution in [-0.4, -0.2) is 11.7 Å². The quantitative estimate of drug-likeness (QED) is 0.876. The lowest BCUT2D eigenvalue weighted by molar-refractivity contribution is 0.0902. The van der Waals surface area contributed by atoms with Crippen LogP contribution in [-0.2, 0) is 5.60 Å². The number of nitrogens with two attached hydrogens (primary N) is 1. The molecular formula is C14H14ClNO. The SMILES string of the molecule is NCC(O)(c1ccccc1)c1cccc(Cl)c1. The van der Waals surface area contributed by atoms with Crippen molar-refractivity contribution in [3.05, 3.63) is 70.7 Å². The minimum Gasteiger partial charge on any atom is -0.379 e. The molecule has 0 amide bonds. The highest BCUT2D eigenvalue weighted by Gasteiger charge is 2.29. The van der Waals surface area contributed by atoms with Gasteiger partial charge in [-0.2, -0.15) is 0 Å². The molecule has 17 heavy (non-hydrogen) atoms. The molecule has 2 aromatic carbocycles. The zero-order valence-electron chi connectivity index (χ0n) is 9.31. The van der Waals surface area contributed by atoms with E-state index in [0.717, 1.165) is 5.56 Å². The first-order valence-corrected chi connectivity index (χ1v) is 5.78. The van der Waals surface area contributed by atoms with Gasteiger partial charge in [-0.25, -0.2) is 0 Å². The molecule has 0 aliphatic carbocycles. The minimum atomic E-state index is -1.19. The third kappa shape index (κ3) is 2.34. The molecule has 3 N–H and O–H groups in total. The number of rotatable bonds is 3. The summed E-state index contributed by atoms with van der Waals surface area (Å²) < 4.78 is 0. The van der Waals surface area contributed by atoms with Crippen LogP contribution in [0.5, 0.6) is 0 Å². The summed E-state index contributed by atoms with van der Waals surface area (Å²) in [6, 6.07) is 16.5. The second-order valence-corrected chi connectivity index (χ2v) is 4.38. The van der Waals surface area contributed by atoms with E-state index in [-0.39, 0.29) is 6.54 Å². The Bertz CT molecular complexity index is 501. The summed E-state index contributed by atoms with van der Waals surface area (Å²) >= 11 is 5.94. The number of aliphatic hydroxyl groups is 1. The van der Waals surface area contributed by atoms with Gasteiger partial charge in [0.1, 0.15) is 5.60 Å². The van der Waals surface area contributed by atoms with Crippen molar-refractivity contribution in [3.63, 3.8) is 0 Å². The maximum absolute atomic E-state index is 10.7. The van der Waals surface area contributed by atoms with Gasteiger partial charge in [-0.15, -0.1) is 0 Å². The van der Waals surface area contributed by atoms with Crippen LogP contribution in [0.1, 0.15) is 11.1 Å². The van der Waals surface area contributed by atoms with E-state index in [4.69, 9.17) is 17.3 Å². The lowest BCUT2D eigenvalue weighted by Gasteiger charge is -2.27. The van der Waals surface area contributed by atoms with Crippen molar-refractivity contribution in [1.29, 1.82) is 0 Å². The van der Waals surface area contributed by atoms with Crippen LogP contribution in [0.25, 0.3) is 0 Å². The van der Waals surface area contributed by atoms with Gasteiger partial charge in [-0.1, -0.05) is 54.1 Å². The Hall–Kier alpha value is -1.35. The van der Waals surface area contributed by atoms with E-state index in [0.29, 0.717) is 10.6 Å². The zero-order chi connectivity index (χ0) is 12.3. The number of hydrogen-bond acceptors (Lipinski definition) is 2. The molecule has 2 nitrogen and oxygen atoms in total. The van der Waals surface area contributed by atoms with Gasteiger partial charge in [0.25, 0.3) is 0 Å². The molecule has 0 spiro atoms. The van der Waals surface area contributed by atoms with Gasteiger partial charge in [0.15, 0.2) is 0 Å². The Morgan fingerprint density at radius 1 is 1.00 bits per heavy atom. The van der Waals surface area contributed by atoms with Crippen molar-refractivity contribution in [3.8, 4) is 0 Å². The van der Waals surface area contributed by atoms with E-state index in [1.807, 2.05) is 36.4 Å². The summed E-state index contributed by atoms with van der Waals surface area (Å²) in [5.41, 5.74) is 6.02. The van der Waals surface area contributed by atoms with E-state index >= 15 is 0 Å². The number of hydrogen-bond donors (Lipinski definition) is 2. The molecule has 0 radical (unpaired) electrons. The molecule has 0 aliphatic rings. The second-order valence-electron chi connectivity index (χ2n) is 3.94. The van der Waals surface area contributed by atoms with Crippen LogP contribution in [0.3, 0.4) is 0 Å². The number of halogens is 1. The van der Waals surface area contributed by atoms with Crippen molar-refractivity contribution in [2.75, 3.05) is 6.54 Å². The Kier molecular flexibility index (Phi) is 3.48. The molecule has 1 unspecified atom stereocenters. The zero-order valence-corrected chi connectivity index (χ0v) is 10.1. The molecule has 0 saturated heterocycles. The average molecular weight is 248 g/mol. The average Bonchev–Trinajstić information content (AvgIpc) is 2.39. The predicted octanol–water partition coefficient (Wildman–Crippen LogP) is 2.53. The van der Waals surface area contributed by atoms with Gasteiger partial charge in [0.05, 0.1) is 0 Å². The molecule has 0 fully saturated rings. The van der Waals surface area contributed by atoms with E-state index in [9.17, 15) is 5.11 Å². The molecule has 0 aromatic heterocycles. The van der Waals surface area contributed by atoms with Crippen molar-refractivity contribution in [2.45, 2.75) is 5.60 Å². The largest absolute Gasteiger partial charge is 0.379 e. The Morgan fingerprint density at radius 3 is 2.24 bits per heavy atom. The molecule has 0 heterocycles. The standard InChI is InChI=1S/C14H14ClNO/c15-13-8-4-7-12(9-13)14(17,10-16)11-5-2-1-3-6-11/h1-9,17H,10,16H2. The van der Waals surface area contributed by atoms with Crippen molar-refractivity contribution >= 4 is 11.6 Å². The summed E-state index contributed by atoms with van der Waals surface area (Å²) in [5.74, 6) is 0. The third-order valence-electron chi connectivity index (χ3n) is 2.85. The van der Waals surface area contributed by atoms with E-state index in [1.165, 1.54) is 0 Å². The summed E-state index contributed by atoms with van der Waals surface area (Å²) in [4.78, 5) is 0. The van der Waals surface area contributed by atoms with E-state index in [2.05, 4.69) is 0 Å². The first kappa shape index (κ1) is 12.1. The topological polar surface area (TPSA) is 46.2 Å². The molecule has 0 bridgehead atoms. The maximum Gasteiger partial charge on any atom is 0.127 e. The summed E-state index contributed by atoms with van der Waals surface area (Å²) in [6.07, 6.45) is 0. The van der Waals surface area contributed by atoms with Crippen LogP contribution in [0, 0.1) is 0 Å². The maximum atomic E-state index is 10.7. The smallest absolute Gasteiger partial charge is 0.127 e. The van der Waals surface area contributed by atoms with E-state index in [1.54, 1.807) is 18.2 Å².